The predicted molar refractivity (Wildman–Crippen MR) is 50.9 cm³/mol. The third-order valence-electron chi connectivity index (χ3n) is 1.59. The number of rotatable bonds is 2. The Labute approximate surface area is 76.9 Å². The van der Waals surface area contributed by atoms with E-state index in [1.165, 1.54) is 0 Å². The Bertz CT molecular complexity index is 336. The fourth-order valence-corrected chi connectivity index (χ4v) is 1.10. The third-order valence-corrected chi connectivity index (χ3v) is 1.91. The summed E-state index contributed by atoms with van der Waals surface area (Å²) in [4.78, 5) is 0. The smallest absolute Gasteiger partial charge is 0.0998 e. The molecular weight excluding hydrogens is 170 g/mol. The Morgan fingerprint density at radius 2 is 2.17 bits per heavy atom. The number of hydrogen-bond donors (Lipinski definition) is 0. The predicted octanol–water partition coefficient (Wildman–Crippen LogP) is 2.81. The highest BCUT2D eigenvalue weighted by molar-refractivity contribution is 6.23. The van der Waals surface area contributed by atoms with E-state index in [4.69, 9.17) is 16.9 Å². The molecule has 0 spiro atoms. The summed E-state index contributed by atoms with van der Waals surface area (Å²) < 4.78 is 0. The maximum atomic E-state index is 8.73. The summed E-state index contributed by atoms with van der Waals surface area (Å²) >= 11 is 5.61. The molecule has 0 bridgehead atoms. The summed E-state index contributed by atoms with van der Waals surface area (Å²) in [7, 11) is 0. The molecule has 1 aromatic carbocycles. The van der Waals surface area contributed by atoms with E-state index in [0.29, 0.717) is 11.4 Å². The third kappa shape index (κ3) is 1.66. The van der Waals surface area contributed by atoms with Crippen molar-refractivity contribution in [2.75, 3.05) is 5.88 Å². The van der Waals surface area contributed by atoms with E-state index in [1.807, 2.05) is 18.2 Å². The molecule has 0 aliphatic carbocycles. The molecule has 0 N–H and O–H groups in total. The number of nitrogens with zero attached hydrogens (tertiary/aromatic N) is 1. The van der Waals surface area contributed by atoms with E-state index in [0.717, 1.165) is 11.1 Å². The number of nitriles is 1. The lowest BCUT2D eigenvalue weighted by Gasteiger charge is -2.02. The highest BCUT2D eigenvalue weighted by Gasteiger charge is 2.02. The fourth-order valence-electron chi connectivity index (χ4n) is 0.961. The quantitative estimate of drug-likeness (QED) is 0.638. The standard InChI is InChI=1S/C10H8ClN/c1-8(6-11)10-5-3-2-4-9(10)7-12/h2-5H,1,6H2. The summed E-state index contributed by atoms with van der Waals surface area (Å²) in [5, 5.41) is 8.73. The molecule has 12 heavy (non-hydrogen) atoms. The molecular formula is C10H8ClN. The van der Waals surface area contributed by atoms with Crippen LogP contribution in [0.4, 0.5) is 0 Å². The highest BCUT2D eigenvalue weighted by Crippen LogP contribution is 2.17. The lowest BCUT2D eigenvalue weighted by Crippen LogP contribution is -1.88. The second-order valence-electron chi connectivity index (χ2n) is 2.39. The second-order valence-corrected chi connectivity index (χ2v) is 2.66. The van der Waals surface area contributed by atoms with Gasteiger partial charge in [0.2, 0.25) is 0 Å². The van der Waals surface area contributed by atoms with Crippen molar-refractivity contribution in [1.29, 1.82) is 5.26 Å². The normalized spacial score (nSPS) is 9.00. The van der Waals surface area contributed by atoms with Crippen LogP contribution >= 0.6 is 11.6 Å². The molecule has 0 heterocycles. The summed E-state index contributed by atoms with van der Waals surface area (Å²) in [6, 6.07) is 9.39. The molecule has 0 radical (unpaired) electrons. The molecule has 1 rings (SSSR count). The molecule has 0 fully saturated rings. The van der Waals surface area contributed by atoms with E-state index in [2.05, 4.69) is 12.6 Å². The van der Waals surface area contributed by atoms with Gasteiger partial charge >= 0.3 is 0 Å². The zero-order valence-corrected chi connectivity index (χ0v) is 7.30. The Morgan fingerprint density at radius 3 is 2.75 bits per heavy atom. The summed E-state index contributed by atoms with van der Waals surface area (Å²) in [5.74, 6) is 0.360. The summed E-state index contributed by atoms with van der Waals surface area (Å²) in [6.45, 7) is 3.77. The highest BCUT2D eigenvalue weighted by atomic mass is 35.5. The average Bonchev–Trinajstić information content (AvgIpc) is 2.16. The van der Waals surface area contributed by atoms with Crippen molar-refractivity contribution in [2.45, 2.75) is 0 Å². The number of hydrogen-bond acceptors (Lipinski definition) is 1. The number of allylic oxidation sites excluding steroid dienone is 1. The zero-order valence-electron chi connectivity index (χ0n) is 6.55. The molecule has 0 amide bonds. The van der Waals surface area contributed by atoms with E-state index in [1.54, 1.807) is 6.07 Å². The van der Waals surface area contributed by atoms with Gasteiger partial charge in [0, 0.05) is 5.88 Å². The van der Waals surface area contributed by atoms with E-state index in [-0.39, 0.29) is 0 Å². The van der Waals surface area contributed by atoms with Gasteiger partial charge in [0.15, 0.2) is 0 Å². The lowest BCUT2D eigenvalue weighted by atomic mass is 10.0. The van der Waals surface area contributed by atoms with Gasteiger partial charge in [-0.3, -0.25) is 0 Å². The molecule has 0 unspecified atom stereocenters. The summed E-state index contributed by atoms with van der Waals surface area (Å²) in [6.07, 6.45) is 0. The van der Waals surface area contributed by atoms with Gasteiger partial charge in [0.1, 0.15) is 0 Å². The van der Waals surface area contributed by atoms with Crippen molar-refractivity contribution in [2.24, 2.45) is 0 Å². The average molecular weight is 178 g/mol. The van der Waals surface area contributed by atoms with Crippen molar-refractivity contribution in [3.8, 4) is 6.07 Å². The van der Waals surface area contributed by atoms with Crippen LogP contribution in [0, 0.1) is 11.3 Å². The number of halogens is 1. The Morgan fingerprint density at radius 1 is 1.50 bits per heavy atom. The molecule has 0 saturated heterocycles. The molecule has 0 aliphatic heterocycles. The molecule has 0 aliphatic rings. The monoisotopic (exact) mass is 177 g/mol. The summed E-state index contributed by atoms with van der Waals surface area (Å²) in [5.41, 5.74) is 2.26. The molecule has 1 nitrogen and oxygen atoms in total. The first-order chi connectivity index (χ1) is 5.79. The largest absolute Gasteiger partial charge is 0.192 e. The van der Waals surface area contributed by atoms with Crippen molar-refractivity contribution in [3.05, 3.63) is 42.0 Å². The van der Waals surface area contributed by atoms with E-state index < -0.39 is 0 Å². The second kappa shape index (κ2) is 3.94. The first kappa shape index (κ1) is 8.83. The van der Waals surface area contributed by atoms with Crippen molar-refractivity contribution >= 4 is 17.2 Å². The van der Waals surface area contributed by atoms with Gasteiger partial charge < -0.3 is 0 Å². The van der Waals surface area contributed by atoms with Gasteiger partial charge in [-0.15, -0.1) is 11.6 Å². The maximum absolute atomic E-state index is 8.73. The van der Waals surface area contributed by atoms with Gasteiger partial charge in [-0.2, -0.15) is 5.26 Å². The van der Waals surface area contributed by atoms with Crippen LogP contribution in [0.1, 0.15) is 11.1 Å². The minimum Gasteiger partial charge on any atom is -0.192 e. The van der Waals surface area contributed by atoms with E-state index >= 15 is 0 Å². The van der Waals surface area contributed by atoms with Gasteiger partial charge in [0.05, 0.1) is 11.6 Å². The van der Waals surface area contributed by atoms with Crippen LogP contribution in [0.2, 0.25) is 0 Å². The van der Waals surface area contributed by atoms with Crippen molar-refractivity contribution in [1.82, 2.24) is 0 Å². The van der Waals surface area contributed by atoms with Gasteiger partial charge in [0.25, 0.3) is 0 Å². The Balaban J connectivity index is 3.16. The van der Waals surface area contributed by atoms with E-state index in [9.17, 15) is 0 Å². The van der Waals surface area contributed by atoms with Crippen molar-refractivity contribution < 1.29 is 0 Å². The SMILES string of the molecule is C=C(CCl)c1ccccc1C#N. The number of alkyl halides is 1. The Kier molecular flexibility index (Phi) is 2.90. The molecule has 2 heteroatoms. The van der Waals surface area contributed by atoms with Gasteiger partial charge in [-0.1, -0.05) is 24.8 Å². The van der Waals surface area contributed by atoms with Crippen molar-refractivity contribution in [3.63, 3.8) is 0 Å². The van der Waals surface area contributed by atoms with Crippen LogP contribution in [-0.2, 0) is 0 Å². The topological polar surface area (TPSA) is 23.8 Å². The molecule has 60 valence electrons. The fraction of sp³-hybridized carbons (Fsp3) is 0.100. The van der Waals surface area contributed by atoms with Crippen LogP contribution in [0.5, 0.6) is 0 Å². The molecule has 0 atom stereocenters. The first-order valence-electron chi connectivity index (χ1n) is 3.53. The number of benzene rings is 1. The Hall–Kier alpha value is -1.26. The molecule has 0 aromatic heterocycles. The van der Waals surface area contributed by atoms with Crippen LogP contribution in [0.15, 0.2) is 30.8 Å². The maximum Gasteiger partial charge on any atom is 0.0998 e. The van der Waals surface area contributed by atoms with Gasteiger partial charge in [-0.05, 0) is 17.2 Å². The lowest BCUT2D eigenvalue weighted by molar-refractivity contribution is 1.45. The zero-order chi connectivity index (χ0) is 8.97. The van der Waals surface area contributed by atoms with Gasteiger partial charge in [-0.25, -0.2) is 0 Å². The van der Waals surface area contributed by atoms with Crippen LogP contribution in [-0.4, -0.2) is 5.88 Å². The van der Waals surface area contributed by atoms with Crippen LogP contribution in [0.3, 0.4) is 0 Å². The molecule has 1 aromatic rings. The molecule has 0 saturated carbocycles. The first-order valence-corrected chi connectivity index (χ1v) is 4.06. The minimum atomic E-state index is 0.360. The minimum absolute atomic E-state index is 0.360. The van der Waals surface area contributed by atoms with Crippen LogP contribution < -0.4 is 0 Å². The van der Waals surface area contributed by atoms with Crippen LogP contribution in [0.25, 0.3) is 5.57 Å².